The summed E-state index contributed by atoms with van der Waals surface area (Å²) in [6, 6.07) is 0.756. The third kappa shape index (κ3) is 11.9. The van der Waals surface area contributed by atoms with Crippen LogP contribution in [0.1, 0.15) is 19.3 Å². The van der Waals surface area contributed by atoms with Crippen LogP contribution in [0.3, 0.4) is 0 Å². The van der Waals surface area contributed by atoms with Crippen molar-refractivity contribution in [3.63, 3.8) is 0 Å². The largest absolute Gasteiger partial charge is 0.469 e. The first-order valence-corrected chi connectivity index (χ1v) is 19.6. The summed E-state index contributed by atoms with van der Waals surface area (Å²) in [6.07, 6.45) is -0.323. The van der Waals surface area contributed by atoms with Gasteiger partial charge in [0.15, 0.2) is 22.2 Å². The van der Waals surface area contributed by atoms with Gasteiger partial charge in [0, 0.05) is 6.61 Å². The van der Waals surface area contributed by atoms with E-state index in [0.29, 0.717) is 6.42 Å². The Morgan fingerprint density at radius 2 is 1.23 bits per heavy atom. The molecule has 0 aromatic carbocycles. The molecule has 0 rings (SSSR count). The van der Waals surface area contributed by atoms with Gasteiger partial charge in [0.1, 0.15) is 0 Å². The molecule has 0 aromatic heterocycles. The average molecular weight is 497 g/mol. The van der Waals surface area contributed by atoms with E-state index in [2.05, 4.69) is 55.3 Å². The molecule has 0 spiro atoms. The molecule has 0 aliphatic heterocycles. The van der Waals surface area contributed by atoms with Crippen LogP contribution in [0.2, 0.25) is 51.9 Å². The lowest BCUT2D eigenvalue weighted by Crippen LogP contribution is -2.51. The van der Waals surface area contributed by atoms with E-state index in [9.17, 15) is 14.4 Å². The first-order chi connectivity index (χ1) is 14.0. The fraction of sp³-hybridized carbons (Fsp3) is 0.842. The predicted molar refractivity (Wildman–Crippen MR) is 124 cm³/mol. The minimum absolute atomic E-state index is 0.139. The molecule has 0 aliphatic carbocycles. The number of ether oxygens (including phenoxy) is 4. The van der Waals surface area contributed by atoms with Crippen molar-refractivity contribution >= 4 is 43.1 Å². The summed E-state index contributed by atoms with van der Waals surface area (Å²) in [5.41, 5.74) is -1.80. The van der Waals surface area contributed by atoms with Crippen LogP contribution >= 0.6 is 0 Å². The highest BCUT2D eigenvalue weighted by Crippen LogP contribution is 2.27. The first-order valence-electron chi connectivity index (χ1n) is 10.3. The lowest BCUT2D eigenvalue weighted by molar-refractivity contribution is -0.182. The molecule has 0 fully saturated rings. The molecule has 0 bridgehead atoms. The first kappa shape index (κ1) is 29.9. The third-order valence-electron chi connectivity index (χ3n) is 4.25. The SMILES string of the molecule is COC(=O)CC(CC(=O)OC)(OCCC[Si](C)(C)O[Si](C)(C)O[Si](C)(C)C)C(=O)OC. The van der Waals surface area contributed by atoms with Gasteiger partial charge in [-0.15, -0.1) is 0 Å². The second-order valence-corrected chi connectivity index (χ2v) is 22.1. The van der Waals surface area contributed by atoms with Crippen molar-refractivity contribution in [3.05, 3.63) is 0 Å². The molecule has 0 aliphatic rings. The molecule has 0 amide bonds. The van der Waals surface area contributed by atoms with Crippen LogP contribution in [0, 0.1) is 0 Å². The van der Waals surface area contributed by atoms with Crippen molar-refractivity contribution in [1.82, 2.24) is 0 Å². The molecule has 0 N–H and O–H groups in total. The molecule has 0 aromatic rings. The molecular formula is C19H40O9Si3. The fourth-order valence-corrected chi connectivity index (χ4v) is 16.6. The van der Waals surface area contributed by atoms with Crippen molar-refractivity contribution in [3.8, 4) is 0 Å². The van der Waals surface area contributed by atoms with E-state index in [0.717, 1.165) is 6.04 Å². The van der Waals surface area contributed by atoms with Crippen LogP contribution in [0.5, 0.6) is 0 Å². The van der Waals surface area contributed by atoms with Gasteiger partial charge in [-0.2, -0.15) is 0 Å². The number of hydrogen-bond acceptors (Lipinski definition) is 9. The number of carbonyl (C=O) groups excluding carboxylic acids is 3. The van der Waals surface area contributed by atoms with Crippen LogP contribution in [0.4, 0.5) is 0 Å². The van der Waals surface area contributed by atoms with Crippen molar-refractivity contribution < 1.29 is 41.6 Å². The topological polar surface area (TPSA) is 107 Å². The summed E-state index contributed by atoms with van der Waals surface area (Å²) in [5.74, 6) is -2.21. The van der Waals surface area contributed by atoms with Gasteiger partial charge >= 0.3 is 26.5 Å². The van der Waals surface area contributed by atoms with Gasteiger partial charge in [-0.3, -0.25) is 9.59 Å². The summed E-state index contributed by atoms with van der Waals surface area (Å²) in [4.78, 5) is 36.3. The third-order valence-corrected chi connectivity index (χ3v) is 14.4. The molecular weight excluding hydrogens is 456 g/mol. The van der Waals surface area contributed by atoms with Crippen LogP contribution in [0.25, 0.3) is 0 Å². The average Bonchev–Trinajstić information content (AvgIpc) is 2.60. The number of esters is 3. The normalized spacial score (nSPS) is 13.0. The zero-order valence-electron chi connectivity index (χ0n) is 20.7. The number of carbonyl (C=O) groups is 3. The van der Waals surface area contributed by atoms with E-state index < -0.39 is 61.5 Å². The Hall–Kier alpha value is -1.06. The van der Waals surface area contributed by atoms with E-state index in [4.69, 9.17) is 17.7 Å². The smallest absolute Gasteiger partial charge is 0.339 e. The number of rotatable bonds is 14. The van der Waals surface area contributed by atoms with Gasteiger partial charge in [0.25, 0.3) is 0 Å². The van der Waals surface area contributed by atoms with Crippen LogP contribution in [-0.2, 0) is 41.6 Å². The van der Waals surface area contributed by atoms with Crippen LogP contribution in [0.15, 0.2) is 0 Å². The number of methoxy groups -OCH3 is 3. The molecule has 0 saturated carbocycles. The van der Waals surface area contributed by atoms with Gasteiger partial charge in [0.05, 0.1) is 34.2 Å². The fourth-order valence-electron chi connectivity index (χ4n) is 3.40. The monoisotopic (exact) mass is 496 g/mol. The molecule has 0 saturated heterocycles. The second-order valence-electron chi connectivity index (χ2n) is 9.42. The Labute approximate surface area is 189 Å². The molecule has 9 nitrogen and oxygen atoms in total. The highest BCUT2D eigenvalue weighted by atomic mass is 28.5. The van der Waals surface area contributed by atoms with E-state index >= 15 is 0 Å². The molecule has 31 heavy (non-hydrogen) atoms. The summed E-state index contributed by atoms with van der Waals surface area (Å²) in [5, 5.41) is 0. The maximum Gasteiger partial charge on any atom is 0.339 e. The summed E-state index contributed by atoms with van der Waals surface area (Å²) < 4.78 is 32.7. The van der Waals surface area contributed by atoms with Gasteiger partial charge in [0.2, 0.25) is 0 Å². The lowest BCUT2D eigenvalue weighted by atomic mass is 9.95. The van der Waals surface area contributed by atoms with Crippen molar-refractivity contribution in [2.24, 2.45) is 0 Å². The Morgan fingerprint density at radius 3 is 1.61 bits per heavy atom. The molecule has 0 unspecified atom stereocenters. The van der Waals surface area contributed by atoms with Crippen molar-refractivity contribution in [2.45, 2.75) is 76.7 Å². The lowest BCUT2D eigenvalue weighted by Gasteiger charge is -2.37. The van der Waals surface area contributed by atoms with Crippen LogP contribution < -0.4 is 0 Å². The van der Waals surface area contributed by atoms with Gasteiger partial charge in [-0.05, 0) is 58.3 Å². The van der Waals surface area contributed by atoms with Crippen molar-refractivity contribution in [2.75, 3.05) is 27.9 Å². The minimum Gasteiger partial charge on any atom is -0.469 e. The van der Waals surface area contributed by atoms with E-state index in [1.54, 1.807) is 0 Å². The summed E-state index contributed by atoms with van der Waals surface area (Å²) >= 11 is 0. The molecule has 0 atom stereocenters. The quantitative estimate of drug-likeness (QED) is 0.155. The molecule has 0 heterocycles. The Kier molecular flexibility index (Phi) is 11.8. The van der Waals surface area contributed by atoms with E-state index in [1.165, 1.54) is 21.3 Å². The number of hydrogen-bond donors (Lipinski definition) is 0. The summed E-state index contributed by atoms with van der Waals surface area (Å²) in [7, 11) is -2.48. The van der Waals surface area contributed by atoms with Crippen molar-refractivity contribution in [1.29, 1.82) is 0 Å². The second kappa shape index (κ2) is 12.3. The highest BCUT2D eigenvalue weighted by Gasteiger charge is 2.46. The maximum atomic E-state index is 12.5. The molecule has 12 heteroatoms. The molecule has 0 radical (unpaired) electrons. The van der Waals surface area contributed by atoms with Gasteiger partial charge in [-0.1, -0.05) is 0 Å². The maximum absolute atomic E-state index is 12.5. The Bertz CT molecular complexity index is 597. The predicted octanol–water partition coefficient (Wildman–Crippen LogP) is 3.21. The summed E-state index contributed by atoms with van der Waals surface area (Å²) in [6.45, 7) is 14.9. The molecule has 182 valence electrons. The van der Waals surface area contributed by atoms with E-state index in [1.807, 2.05) is 0 Å². The zero-order valence-corrected chi connectivity index (χ0v) is 23.7. The van der Waals surface area contributed by atoms with Crippen LogP contribution in [-0.4, -0.2) is 76.6 Å². The van der Waals surface area contributed by atoms with Gasteiger partial charge < -0.3 is 27.2 Å². The Morgan fingerprint density at radius 1 is 0.742 bits per heavy atom. The van der Waals surface area contributed by atoms with E-state index in [-0.39, 0.29) is 6.61 Å². The highest BCUT2D eigenvalue weighted by molar-refractivity contribution is 6.87. The standard InChI is InChI=1S/C19H40O9Si3/c1-23-16(20)14-19(18(22)25-3,15-17(21)24-2)26-12-11-13-30(7,8)28-31(9,10)27-29(4,5)6/h11-15H2,1-10H3. The zero-order chi connectivity index (χ0) is 24.5. The van der Waals surface area contributed by atoms with Gasteiger partial charge in [-0.25, -0.2) is 4.79 Å². The minimum atomic E-state index is -2.26. The Balaban J connectivity index is 5.19.